The Hall–Kier alpha value is -0.990. The first kappa shape index (κ1) is 22.1. The lowest BCUT2D eigenvalue weighted by Crippen LogP contribution is -2.45. The molecule has 0 saturated carbocycles. The third-order valence-electron chi connectivity index (χ3n) is 4.15. The van der Waals surface area contributed by atoms with Crippen molar-refractivity contribution in [3.05, 3.63) is 34.9 Å². The minimum atomic E-state index is -4.81. The number of benzene rings is 1. The molecule has 2 nitrogen and oxygen atoms in total. The van der Waals surface area contributed by atoms with Gasteiger partial charge in [-0.25, -0.2) is 0 Å². The average Bonchev–Trinajstić information content (AvgIpc) is 2.51. The maximum Gasteiger partial charge on any atom is 0.416 e. The molecule has 0 spiro atoms. The molecular weight excluding hydrogens is 370 g/mol. The zero-order valence-electron chi connectivity index (χ0n) is 13.7. The quantitative estimate of drug-likeness (QED) is 0.736. The number of hydrogen-bond donors (Lipinski definition) is 1. The number of halogens is 7. The Morgan fingerprint density at radius 1 is 0.960 bits per heavy atom. The molecule has 2 rings (SSSR count). The van der Waals surface area contributed by atoms with Gasteiger partial charge >= 0.3 is 12.4 Å². The summed E-state index contributed by atoms with van der Waals surface area (Å²) in [5.74, 6) is 0. The third-order valence-corrected chi connectivity index (χ3v) is 4.15. The average molecular weight is 391 g/mol. The summed E-state index contributed by atoms with van der Waals surface area (Å²) in [5, 5.41) is 3.13. The van der Waals surface area contributed by atoms with E-state index in [1.165, 1.54) is 0 Å². The highest BCUT2D eigenvalue weighted by atomic mass is 35.5. The summed E-state index contributed by atoms with van der Waals surface area (Å²) in [6.45, 7) is 4.41. The number of alkyl halides is 6. The molecule has 0 bridgehead atoms. The normalized spacial score (nSPS) is 17.9. The molecule has 1 atom stereocenters. The fraction of sp³-hybridized carbons (Fsp3) is 0.625. The van der Waals surface area contributed by atoms with E-state index in [4.69, 9.17) is 0 Å². The van der Waals surface area contributed by atoms with Gasteiger partial charge in [0.1, 0.15) is 0 Å². The van der Waals surface area contributed by atoms with Gasteiger partial charge in [-0.2, -0.15) is 26.3 Å². The Morgan fingerprint density at radius 2 is 1.44 bits per heavy atom. The second-order valence-corrected chi connectivity index (χ2v) is 5.93. The van der Waals surface area contributed by atoms with E-state index in [1.54, 1.807) is 0 Å². The summed E-state index contributed by atoms with van der Waals surface area (Å²) in [6.07, 6.45) is -8.43. The van der Waals surface area contributed by atoms with E-state index in [0.717, 1.165) is 12.1 Å². The molecule has 1 aliphatic rings. The number of hydrogen-bond acceptors (Lipinski definition) is 2. The van der Waals surface area contributed by atoms with Crippen LogP contribution in [0.4, 0.5) is 26.3 Å². The van der Waals surface area contributed by atoms with Crippen LogP contribution in [0.1, 0.15) is 42.5 Å². The van der Waals surface area contributed by atoms with E-state index in [2.05, 4.69) is 5.32 Å². The van der Waals surface area contributed by atoms with Crippen LogP contribution >= 0.6 is 12.4 Å². The summed E-state index contributed by atoms with van der Waals surface area (Å²) in [7, 11) is 0. The summed E-state index contributed by atoms with van der Waals surface area (Å²) >= 11 is 0. The Bertz CT molecular complexity index is 520. The van der Waals surface area contributed by atoms with Crippen molar-refractivity contribution in [3.8, 4) is 0 Å². The van der Waals surface area contributed by atoms with E-state index in [-0.39, 0.29) is 24.0 Å². The van der Waals surface area contributed by atoms with Gasteiger partial charge in [0.25, 0.3) is 0 Å². The molecule has 0 aromatic heterocycles. The van der Waals surface area contributed by atoms with E-state index < -0.39 is 29.5 Å². The fourth-order valence-corrected chi connectivity index (χ4v) is 3.00. The lowest BCUT2D eigenvalue weighted by atomic mass is 9.95. The topological polar surface area (TPSA) is 15.3 Å². The van der Waals surface area contributed by atoms with Crippen LogP contribution in [0.3, 0.4) is 0 Å². The van der Waals surface area contributed by atoms with Crippen LogP contribution in [-0.4, -0.2) is 31.1 Å². The molecular formula is C16H21ClF6N2. The van der Waals surface area contributed by atoms with Gasteiger partial charge in [0.15, 0.2) is 0 Å². The van der Waals surface area contributed by atoms with Crippen LogP contribution in [0.25, 0.3) is 0 Å². The van der Waals surface area contributed by atoms with Crippen LogP contribution in [0.2, 0.25) is 0 Å². The molecule has 25 heavy (non-hydrogen) atoms. The number of nitrogens with zero attached hydrogens (tertiary/aromatic N) is 1. The molecule has 0 radical (unpaired) electrons. The monoisotopic (exact) mass is 390 g/mol. The zero-order valence-corrected chi connectivity index (χ0v) is 14.5. The van der Waals surface area contributed by atoms with E-state index in [9.17, 15) is 26.3 Å². The first-order valence-electron chi connectivity index (χ1n) is 7.87. The number of nitrogens with one attached hydrogen (secondary N) is 1. The van der Waals surface area contributed by atoms with E-state index >= 15 is 0 Å². The lowest BCUT2D eigenvalue weighted by Gasteiger charge is -2.35. The number of piperazine rings is 1. The van der Waals surface area contributed by atoms with Crippen LogP contribution in [0.15, 0.2) is 18.2 Å². The summed E-state index contributed by atoms with van der Waals surface area (Å²) < 4.78 is 78.2. The maximum atomic E-state index is 13.0. The highest BCUT2D eigenvalue weighted by molar-refractivity contribution is 5.85. The summed E-state index contributed by atoms with van der Waals surface area (Å²) in [6, 6.07) is 1.46. The molecule has 0 unspecified atom stereocenters. The highest BCUT2D eigenvalue weighted by Gasteiger charge is 2.38. The fourth-order valence-electron chi connectivity index (χ4n) is 3.00. The minimum absolute atomic E-state index is 0. The van der Waals surface area contributed by atoms with Crippen molar-refractivity contribution in [1.82, 2.24) is 10.2 Å². The number of rotatable bonds is 4. The Labute approximate surface area is 149 Å². The molecule has 1 N–H and O–H groups in total. The smallest absolute Gasteiger partial charge is 0.314 e. The molecule has 0 amide bonds. The van der Waals surface area contributed by atoms with Crippen molar-refractivity contribution in [2.45, 2.75) is 38.2 Å². The van der Waals surface area contributed by atoms with Gasteiger partial charge in [-0.3, -0.25) is 4.90 Å². The Morgan fingerprint density at radius 3 is 1.84 bits per heavy atom. The molecule has 1 fully saturated rings. The highest BCUT2D eigenvalue weighted by Crippen LogP contribution is 2.39. The molecule has 0 aliphatic carbocycles. The Kier molecular flexibility index (Phi) is 7.58. The zero-order chi connectivity index (χ0) is 18.0. The molecule has 1 heterocycles. The van der Waals surface area contributed by atoms with Crippen LogP contribution in [0, 0.1) is 0 Å². The van der Waals surface area contributed by atoms with Crippen LogP contribution < -0.4 is 5.32 Å². The third kappa shape index (κ3) is 5.76. The van der Waals surface area contributed by atoms with Gasteiger partial charge in [-0.05, 0) is 30.2 Å². The van der Waals surface area contributed by atoms with Gasteiger partial charge in [0.2, 0.25) is 0 Å². The first-order valence-corrected chi connectivity index (χ1v) is 7.87. The van der Waals surface area contributed by atoms with Crippen molar-refractivity contribution in [1.29, 1.82) is 0 Å². The molecule has 1 saturated heterocycles. The predicted molar refractivity (Wildman–Crippen MR) is 85.8 cm³/mol. The molecule has 9 heteroatoms. The van der Waals surface area contributed by atoms with Crippen molar-refractivity contribution >= 4 is 12.4 Å². The van der Waals surface area contributed by atoms with E-state index in [1.807, 2.05) is 11.8 Å². The maximum absolute atomic E-state index is 13.0. The minimum Gasteiger partial charge on any atom is -0.314 e. The SMILES string of the molecule is CCC[C@@H](c1cc(C(F)(F)F)cc(C(F)(F)F)c1)N1CCNCC1.Cl. The van der Waals surface area contributed by atoms with Crippen molar-refractivity contribution in [3.63, 3.8) is 0 Å². The van der Waals surface area contributed by atoms with Gasteiger partial charge in [0.05, 0.1) is 11.1 Å². The summed E-state index contributed by atoms with van der Waals surface area (Å²) in [4.78, 5) is 1.95. The molecule has 1 aromatic rings. The largest absolute Gasteiger partial charge is 0.416 e. The van der Waals surface area contributed by atoms with Gasteiger partial charge in [0, 0.05) is 32.2 Å². The van der Waals surface area contributed by atoms with Gasteiger partial charge in [-0.15, -0.1) is 12.4 Å². The molecule has 1 aromatic carbocycles. The van der Waals surface area contributed by atoms with Crippen molar-refractivity contribution < 1.29 is 26.3 Å². The lowest BCUT2D eigenvalue weighted by molar-refractivity contribution is -0.143. The second kappa shape index (κ2) is 8.60. The first-order chi connectivity index (χ1) is 11.1. The molecule has 1 aliphatic heterocycles. The standard InChI is InChI=1S/C16H20F6N2.ClH/c1-2-3-14(24-6-4-23-5-7-24)11-8-12(15(17,18)19)10-13(9-11)16(20,21)22;/h8-10,14,23H,2-7H2,1H3;1H/t14-;/m0./s1. The second-order valence-electron chi connectivity index (χ2n) is 5.93. The predicted octanol–water partition coefficient (Wildman–Crippen LogP) is 4.89. The van der Waals surface area contributed by atoms with Crippen LogP contribution in [-0.2, 0) is 12.4 Å². The summed E-state index contributed by atoms with van der Waals surface area (Å²) in [5.41, 5.74) is -2.41. The van der Waals surface area contributed by atoms with Gasteiger partial charge in [-0.1, -0.05) is 13.3 Å². The molecule has 144 valence electrons. The van der Waals surface area contributed by atoms with Gasteiger partial charge < -0.3 is 5.32 Å². The van der Waals surface area contributed by atoms with Crippen LogP contribution in [0.5, 0.6) is 0 Å². The Balaban J connectivity index is 0.00000312. The van der Waals surface area contributed by atoms with Crippen molar-refractivity contribution in [2.24, 2.45) is 0 Å². The van der Waals surface area contributed by atoms with E-state index in [0.29, 0.717) is 39.0 Å². The van der Waals surface area contributed by atoms with Crippen molar-refractivity contribution in [2.75, 3.05) is 26.2 Å².